The van der Waals surface area contributed by atoms with Crippen LogP contribution < -0.4 is 10.1 Å². The van der Waals surface area contributed by atoms with E-state index < -0.39 is 0 Å². The van der Waals surface area contributed by atoms with E-state index in [2.05, 4.69) is 43.1 Å². The average molecular weight is 373 g/mol. The first-order valence-electron chi connectivity index (χ1n) is 9.63. The van der Waals surface area contributed by atoms with Gasteiger partial charge in [-0.05, 0) is 76.6 Å². The number of carbonyl (C=O) groups excluding carboxylic acids is 1. The van der Waals surface area contributed by atoms with Crippen LogP contribution in [0.5, 0.6) is 5.75 Å². The van der Waals surface area contributed by atoms with Crippen LogP contribution >= 0.6 is 11.3 Å². The summed E-state index contributed by atoms with van der Waals surface area (Å²) >= 11 is 1.54. The Labute approximate surface area is 159 Å². The molecule has 26 heavy (non-hydrogen) atoms. The maximum Gasteiger partial charge on any atom is 0.261 e. The number of nitrogens with zero attached hydrogens (tertiary/aromatic N) is 1. The van der Waals surface area contributed by atoms with Crippen LogP contribution in [-0.4, -0.2) is 42.1 Å². The van der Waals surface area contributed by atoms with Gasteiger partial charge in [0.05, 0.1) is 16.2 Å². The van der Waals surface area contributed by atoms with Crippen molar-refractivity contribution in [1.82, 2.24) is 10.2 Å². The van der Waals surface area contributed by atoms with Crippen LogP contribution in [0, 0.1) is 12.8 Å². The molecular formula is C21H28N2O2S. The van der Waals surface area contributed by atoms with E-state index in [0.717, 1.165) is 39.4 Å². The lowest BCUT2D eigenvalue weighted by molar-refractivity contribution is -0.0377. The minimum atomic E-state index is 0.0284. The average Bonchev–Trinajstić information content (AvgIpc) is 3.05. The van der Waals surface area contributed by atoms with E-state index in [9.17, 15) is 4.79 Å². The predicted octanol–water partition coefficient (Wildman–Crippen LogP) is 4.21. The zero-order chi connectivity index (χ0) is 18.5. The Hall–Kier alpha value is -1.59. The minimum absolute atomic E-state index is 0.0284. The highest BCUT2D eigenvalue weighted by Crippen LogP contribution is 2.40. The summed E-state index contributed by atoms with van der Waals surface area (Å²) in [6, 6.07) is 6.37. The van der Waals surface area contributed by atoms with Crippen LogP contribution in [0.3, 0.4) is 0 Å². The molecular weight excluding hydrogens is 344 g/mol. The Morgan fingerprint density at radius 1 is 1.35 bits per heavy atom. The normalized spacial score (nSPS) is 26.8. The lowest BCUT2D eigenvalue weighted by atomic mass is 9.72. The van der Waals surface area contributed by atoms with Crippen LogP contribution in [0.1, 0.15) is 48.8 Å². The highest BCUT2D eigenvalue weighted by Gasteiger charge is 2.48. The molecule has 140 valence electrons. The Bertz CT molecular complexity index is 834. The molecule has 3 aliphatic rings. The second kappa shape index (κ2) is 6.54. The summed E-state index contributed by atoms with van der Waals surface area (Å²) in [4.78, 5) is 16.3. The molecule has 1 aromatic heterocycles. The molecule has 4 heterocycles. The third kappa shape index (κ3) is 2.81. The first kappa shape index (κ1) is 17.8. The standard InChI is InChI=1S/C21H28N2O2S/c1-5-25-17-13(2)6-7-15-12-16(26-18(15)17)20(24)22-19-14-8-10-23(11-9-14)21(19,3)4/h6-7,12,14,19H,5,8-11H2,1-4H3,(H,22,24). The fourth-order valence-corrected chi connectivity index (χ4v) is 5.82. The number of nitrogens with one attached hydrogen (secondary N) is 1. The summed E-state index contributed by atoms with van der Waals surface area (Å²) in [5.41, 5.74) is 1.15. The highest BCUT2D eigenvalue weighted by atomic mass is 32.1. The second-order valence-electron chi connectivity index (χ2n) is 8.10. The number of benzene rings is 1. The van der Waals surface area contributed by atoms with Crippen LogP contribution in [-0.2, 0) is 0 Å². The van der Waals surface area contributed by atoms with E-state index >= 15 is 0 Å². The van der Waals surface area contributed by atoms with Crippen molar-refractivity contribution in [3.63, 3.8) is 0 Å². The Morgan fingerprint density at radius 2 is 2.08 bits per heavy atom. The molecule has 0 aliphatic carbocycles. The minimum Gasteiger partial charge on any atom is -0.492 e. The van der Waals surface area contributed by atoms with E-state index in [1.165, 1.54) is 12.8 Å². The Morgan fingerprint density at radius 3 is 2.73 bits per heavy atom. The van der Waals surface area contributed by atoms with Crippen molar-refractivity contribution < 1.29 is 9.53 Å². The van der Waals surface area contributed by atoms with E-state index in [-0.39, 0.29) is 17.5 Å². The van der Waals surface area contributed by atoms with Crippen molar-refractivity contribution >= 4 is 27.3 Å². The molecule has 1 unspecified atom stereocenters. The van der Waals surface area contributed by atoms with Crippen molar-refractivity contribution in [2.24, 2.45) is 5.92 Å². The summed E-state index contributed by atoms with van der Waals surface area (Å²) in [5.74, 6) is 1.56. The summed E-state index contributed by atoms with van der Waals surface area (Å²) < 4.78 is 6.91. The number of amides is 1. The number of aryl methyl sites for hydroxylation is 1. The lowest BCUT2D eigenvalue weighted by Crippen LogP contribution is -2.69. The van der Waals surface area contributed by atoms with Gasteiger partial charge in [-0.1, -0.05) is 12.1 Å². The molecule has 1 aromatic carbocycles. The van der Waals surface area contributed by atoms with Crippen LogP contribution in [0.25, 0.3) is 10.1 Å². The molecule has 1 N–H and O–H groups in total. The predicted molar refractivity (Wildman–Crippen MR) is 107 cm³/mol. The van der Waals surface area contributed by atoms with Gasteiger partial charge in [-0.3, -0.25) is 9.69 Å². The van der Waals surface area contributed by atoms with Crippen molar-refractivity contribution in [2.45, 2.75) is 52.1 Å². The number of thiophene rings is 1. The zero-order valence-corrected chi connectivity index (χ0v) is 16.9. The number of fused-ring (bicyclic) bond motifs is 4. The SMILES string of the molecule is CCOc1c(C)ccc2cc(C(=O)NC3C4CCN(CC4)C3(C)C)sc12. The smallest absolute Gasteiger partial charge is 0.261 e. The molecule has 0 radical (unpaired) electrons. The molecule has 0 saturated carbocycles. The number of carbonyl (C=O) groups is 1. The first-order valence-corrected chi connectivity index (χ1v) is 10.5. The Kier molecular flexibility index (Phi) is 4.48. The fourth-order valence-electron chi connectivity index (χ4n) is 4.70. The van der Waals surface area contributed by atoms with Crippen LogP contribution in [0.4, 0.5) is 0 Å². The summed E-state index contributed by atoms with van der Waals surface area (Å²) in [5, 5.41) is 4.46. The maximum absolute atomic E-state index is 13.0. The van der Waals surface area contributed by atoms with Gasteiger partial charge in [0, 0.05) is 11.6 Å². The fraction of sp³-hybridized carbons (Fsp3) is 0.571. The molecule has 1 amide bonds. The largest absolute Gasteiger partial charge is 0.492 e. The van der Waals surface area contributed by atoms with Crippen molar-refractivity contribution in [3.8, 4) is 5.75 Å². The van der Waals surface area contributed by atoms with Crippen molar-refractivity contribution in [3.05, 3.63) is 28.6 Å². The molecule has 3 fully saturated rings. The van der Waals surface area contributed by atoms with Gasteiger partial charge in [0.1, 0.15) is 5.75 Å². The van der Waals surface area contributed by atoms with Gasteiger partial charge in [0.25, 0.3) is 5.91 Å². The van der Waals surface area contributed by atoms with E-state index in [1.54, 1.807) is 11.3 Å². The van der Waals surface area contributed by atoms with Gasteiger partial charge in [-0.2, -0.15) is 0 Å². The van der Waals surface area contributed by atoms with E-state index in [0.29, 0.717) is 12.5 Å². The number of piperidine rings is 3. The van der Waals surface area contributed by atoms with Gasteiger partial charge >= 0.3 is 0 Å². The highest BCUT2D eigenvalue weighted by molar-refractivity contribution is 7.21. The van der Waals surface area contributed by atoms with Gasteiger partial charge in [0.15, 0.2) is 0 Å². The Balaban J connectivity index is 1.62. The third-order valence-electron chi connectivity index (χ3n) is 6.22. The number of hydrogen-bond acceptors (Lipinski definition) is 4. The number of hydrogen-bond donors (Lipinski definition) is 1. The number of rotatable bonds is 4. The molecule has 2 aromatic rings. The van der Waals surface area contributed by atoms with E-state index in [4.69, 9.17) is 4.74 Å². The van der Waals surface area contributed by atoms with Crippen LogP contribution in [0.2, 0.25) is 0 Å². The molecule has 3 aliphatic heterocycles. The zero-order valence-electron chi connectivity index (χ0n) is 16.1. The molecule has 5 heteroatoms. The maximum atomic E-state index is 13.0. The molecule has 1 atom stereocenters. The first-order chi connectivity index (χ1) is 12.4. The summed E-state index contributed by atoms with van der Waals surface area (Å²) in [6.45, 7) is 11.5. The van der Waals surface area contributed by atoms with Crippen molar-refractivity contribution in [1.29, 1.82) is 0 Å². The number of ether oxygens (including phenoxy) is 1. The second-order valence-corrected chi connectivity index (χ2v) is 9.16. The molecule has 0 spiro atoms. The van der Waals surface area contributed by atoms with E-state index in [1.807, 2.05) is 13.0 Å². The topological polar surface area (TPSA) is 41.6 Å². The summed E-state index contributed by atoms with van der Waals surface area (Å²) in [6.07, 6.45) is 2.38. The molecule has 5 rings (SSSR count). The van der Waals surface area contributed by atoms with Gasteiger partial charge in [-0.15, -0.1) is 11.3 Å². The quantitative estimate of drug-likeness (QED) is 0.874. The molecule has 3 saturated heterocycles. The summed E-state index contributed by atoms with van der Waals surface area (Å²) in [7, 11) is 0. The van der Waals surface area contributed by atoms with Gasteiger partial charge in [-0.25, -0.2) is 0 Å². The molecule has 4 nitrogen and oxygen atoms in total. The lowest BCUT2D eigenvalue weighted by Gasteiger charge is -2.56. The van der Waals surface area contributed by atoms with Crippen molar-refractivity contribution in [2.75, 3.05) is 19.7 Å². The molecule has 2 bridgehead atoms. The monoisotopic (exact) mass is 372 g/mol. The van der Waals surface area contributed by atoms with Gasteiger partial charge < -0.3 is 10.1 Å². The van der Waals surface area contributed by atoms with Crippen LogP contribution in [0.15, 0.2) is 18.2 Å². The third-order valence-corrected chi connectivity index (χ3v) is 7.37. The van der Waals surface area contributed by atoms with Gasteiger partial charge in [0.2, 0.25) is 0 Å².